The van der Waals surface area contributed by atoms with E-state index in [2.05, 4.69) is 6.92 Å². The van der Waals surface area contributed by atoms with Gasteiger partial charge in [-0.2, -0.15) is 0 Å². The lowest BCUT2D eigenvalue weighted by Crippen LogP contribution is -2.39. The summed E-state index contributed by atoms with van der Waals surface area (Å²) in [5, 5.41) is 0.716. The molecule has 0 bridgehead atoms. The average molecular weight is 307 g/mol. The molecular formula is C17H23ClN2O. The largest absolute Gasteiger partial charge is 0.340 e. The molecule has 2 atom stereocenters. The zero-order valence-electron chi connectivity index (χ0n) is 12.5. The average Bonchev–Trinajstić information content (AvgIpc) is 3.20. The van der Waals surface area contributed by atoms with Gasteiger partial charge in [0.25, 0.3) is 0 Å². The van der Waals surface area contributed by atoms with Gasteiger partial charge in [-0.15, -0.1) is 0 Å². The fourth-order valence-corrected chi connectivity index (χ4v) is 3.69. The monoisotopic (exact) mass is 306 g/mol. The third kappa shape index (κ3) is 2.69. The standard InChI is InChI=1S/C17H23ClN2O/c1-2-3-12-10-20(11-15(12)19)16(21)17(8-9-17)13-4-6-14(18)7-5-13/h4-7,12,15H,2-3,8-11,19H2,1H3/t12-,15-/m0/s1. The van der Waals surface area contributed by atoms with E-state index in [0.29, 0.717) is 17.5 Å². The number of nitrogens with zero attached hydrogens (tertiary/aromatic N) is 1. The number of amides is 1. The summed E-state index contributed by atoms with van der Waals surface area (Å²) >= 11 is 5.95. The van der Waals surface area contributed by atoms with Gasteiger partial charge in [0.15, 0.2) is 0 Å². The molecule has 1 amide bonds. The molecule has 0 unspecified atom stereocenters. The van der Waals surface area contributed by atoms with Crippen molar-refractivity contribution >= 4 is 17.5 Å². The molecule has 1 aliphatic heterocycles. The molecule has 114 valence electrons. The highest BCUT2D eigenvalue weighted by atomic mass is 35.5. The summed E-state index contributed by atoms with van der Waals surface area (Å²) in [4.78, 5) is 14.9. The second kappa shape index (κ2) is 5.62. The summed E-state index contributed by atoms with van der Waals surface area (Å²) in [7, 11) is 0. The lowest BCUT2D eigenvalue weighted by atomic mass is 9.94. The number of likely N-dealkylation sites (tertiary alicyclic amines) is 1. The second-order valence-electron chi connectivity index (χ2n) is 6.51. The highest BCUT2D eigenvalue weighted by Crippen LogP contribution is 2.50. The fraction of sp³-hybridized carbons (Fsp3) is 0.588. The number of nitrogens with two attached hydrogens (primary N) is 1. The molecule has 1 saturated heterocycles. The number of hydrogen-bond acceptors (Lipinski definition) is 2. The molecule has 4 heteroatoms. The van der Waals surface area contributed by atoms with Crippen molar-refractivity contribution in [3.63, 3.8) is 0 Å². The van der Waals surface area contributed by atoms with Crippen LogP contribution in [0.5, 0.6) is 0 Å². The van der Waals surface area contributed by atoms with Crippen molar-refractivity contribution in [1.82, 2.24) is 4.90 Å². The van der Waals surface area contributed by atoms with Crippen LogP contribution in [0.15, 0.2) is 24.3 Å². The van der Waals surface area contributed by atoms with Gasteiger partial charge in [-0.05, 0) is 42.9 Å². The third-order valence-electron chi connectivity index (χ3n) is 4.99. The predicted molar refractivity (Wildman–Crippen MR) is 85.3 cm³/mol. The predicted octanol–water partition coefficient (Wildman–Crippen LogP) is 2.96. The first-order valence-corrected chi connectivity index (χ1v) is 8.25. The highest BCUT2D eigenvalue weighted by molar-refractivity contribution is 6.30. The molecule has 0 aromatic heterocycles. The van der Waals surface area contributed by atoms with Gasteiger partial charge >= 0.3 is 0 Å². The molecule has 21 heavy (non-hydrogen) atoms. The van der Waals surface area contributed by atoms with E-state index >= 15 is 0 Å². The maximum atomic E-state index is 12.9. The lowest BCUT2D eigenvalue weighted by Gasteiger charge is -2.23. The van der Waals surface area contributed by atoms with E-state index in [0.717, 1.165) is 37.8 Å². The summed E-state index contributed by atoms with van der Waals surface area (Å²) in [6, 6.07) is 7.87. The minimum Gasteiger partial charge on any atom is -0.340 e. The molecule has 1 saturated carbocycles. The first-order valence-electron chi connectivity index (χ1n) is 7.88. The second-order valence-corrected chi connectivity index (χ2v) is 6.95. The van der Waals surface area contributed by atoms with Gasteiger partial charge < -0.3 is 10.6 Å². The number of hydrogen-bond donors (Lipinski definition) is 1. The van der Waals surface area contributed by atoms with Crippen molar-refractivity contribution in [3.8, 4) is 0 Å². The molecule has 2 N–H and O–H groups in total. The molecule has 1 aliphatic carbocycles. The number of carbonyl (C=O) groups excluding carboxylic acids is 1. The Balaban J connectivity index is 1.75. The van der Waals surface area contributed by atoms with E-state index in [-0.39, 0.29) is 17.4 Å². The first-order chi connectivity index (χ1) is 10.1. The van der Waals surface area contributed by atoms with E-state index in [1.54, 1.807) is 0 Å². The Bertz CT molecular complexity index is 524. The van der Waals surface area contributed by atoms with E-state index in [1.807, 2.05) is 29.2 Å². The normalized spacial score (nSPS) is 26.9. The molecule has 1 aromatic carbocycles. The van der Waals surface area contributed by atoms with E-state index < -0.39 is 0 Å². The number of benzene rings is 1. The van der Waals surface area contributed by atoms with Crippen molar-refractivity contribution < 1.29 is 4.79 Å². The zero-order chi connectivity index (χ0) is 15.0. The molecule has 3 nitrogen and oxygen atoms in total. The van der Waals surface area contributed by atoms with Gasteiger partial charge in [0.1, 0.15) is 0 Å². The van der Waals surface area contributed by atoms with Gasteiger partial charge in [-0.1, -0.05) is 37.1 Å². The topological polar surface area (TPSA) is 46.3 Å². The van der Waals surface area contributed by atoms with Gasteiger partial charge in [0, 0.05) is 24.2 Å². The van der Waals surface area contributed by atoms with Crippen molar-refractivity contribution in [2.45, 2.75) is 44.1 Å². The quantitative estimate of drug-likeness (QED) is 0.929. The minimum atomic E-state index is -0.300. The van der Waals surface area contributed by atoms with Gasteiger partial charge in [0.2, 0.25) is 5.91 Å². The van der Waals surface area contributed by atoms with Gasteiger partial charge in [0.05, 0.1) is 5.41 Å². The Labute approximate surface area is 131 Å². The SMILES string of the molecule is CCC[C@H]1CN(C(=O)C2(c3ccc(Cl)cc3)CC2)C[C@@H]1N. The zero-order valence-corrected chi connectivity index (χ0v) is 13.3. The van der Waals surface area contributed by atoms with Crippen LogP contribution < -0.4 is 5.73 Å². The van der Waals surface area contributed by atoms with E-state index in [9.17, 15) is 4.79 Å². The maximum absolute atomic E-state index is 12.9. The van der Waals surface area contributed by atoms with E-state index in [4.69, 9.17) is 17.3 Å². The number of halogens is 1. The maximum Gasteiger partial charge on any atom is 0.233 e. The van der Waals surface area contributed by atoms with Gasteiger partial charge in [-0.3, -0.25) is 4.79 Å². The smallest absolute Gasteiger partial charge is 0.233 e. The summed E-state index contributed by atoms with van der Waals surface area (Å²) in [6.07, 6.45) is 4.12. The highest BCUT2D eigenvalue weighted by Gasteiger charge is 2.54. The Morgan fingerprint density at radius 2 is 2.00 bits per heavy atom. The summed E-state index contributed by atoms with van der Waals surface area (Å²) < 4.78 is 0. The third-order valence-corrected chi connectivity index (χ3v) is 5.25. The van der Waals surface area contributed by atoms with Crippen LogP contribution >= 0.6 is 11.6 Å². The van der Waals surface area contributed by atoms with Crippen LogP contribution in [0, 0.1) is 5.92 Å². The van der Waals surface area contributed by atoms with Crippen LogP contribution in [0.2, 0.25) is 5.02 Å². The lowest BCUT2D eigenvalue weighted by molar-refractivity contribution is -0.133. The molecular weight excluding hydrogens is 284 g/mol. The Morgan fingerprint density at radius 3 is 2.57 bits per heavy atom. The van der Waals surface area contributed by atoms with Gasteiger partial charge in [-0.25, -0.2) is 0 Å². The molecule has 3 rings (SSSR count). The number of carbonyl (C=O) groups is 1. The van der Waals surface area contributed by atoms with Crippen LogP contribution in [0.3, 0.4) is 0 Å². The molecule has 1 aromatic rings. The van der Waals surface area contributed by atoms with Crippen molar-refractivity contribution in [1.29, 1.82) is 0 Å². The Morgan fingerprint density at radius 1 is 1.33 bits per heavy atom. The van der Waals surface area contributed by atoms with Crippen LogP contribution in [0.25, 0.3) is 0 Å². The molecule has 2 fully saturated rings. The number of rotatable bonds is 4. The summed E-state index contributed by atoms with van der Waals surface area (Å²) in [6.45, 7) is 3.70. The van der Waals surface area contributed by atoms with Crippen LogP contribution in [0.4, 0.5) is 0 Å². The summed E-state index contributed by atoms with van der Waals surface area (Å²) in [5.41, 5.74) is 7.01. The van der Waals surface area contributed by atoms with Crippen LogP contribution in [-0.4, -0.2) is 29.9 Å². The minimum absolute atomic E-state index is 0.134. The molecule has 0 spiro atoms. The van der Waals surface area contributed by atoms with Crippen molar-refractivity contribution in [2.75, 3.05) is 13.1 Å². The van der Waals surface area contributed by atoms with E-state index in [1.165, 1.54) is 0 Å². The Hall–Kier alpha value is -1.06. The van der Waals surface area contributed by atoms with Crippen LogP contribution in [-0.2, 0) is 10.2 Å². The van der Waals surface area contributed by atoms with Crippen molar-refractivity contribution in [2.24, 2.45) is 11.7 Å². The summed E-state index contributed by atoms with van der Waals surface area (Å²) in [5.74, 6) is 0.721. The first kappa shape index (κ1) is 14.9. The molecule has 0 radical (unpaired) electrons. The molecule has 1 heterocycles. The van der Waals surface area contributed by atoms with Crippen molar-refractivity contribution in [3.05, 3.63) is 34.9 Å². The Kier molecular flexibility index (Phi) is 3.98. The van der Waals surface area contributed by atoms with Crippen LogP contribution in [0.1, 0.15) is 38.2 Å². The fourth-order valence-electron chi connectivity index (χ4n) is 3.56. The molecule has 2 aliphatic rings.